The molecule has 4 amide bonds. The molecule has 7 nitrogen and oxygen atoms in total. The molecule has 2 rings (SSSR count). The van der Waals surface area contributed by atoms with Crippen LogP contribution in [0.3, 0.4) is 0 Å². The average Bonchev–Trinajstić information content (AvgIpc) is 2.48. The van der Waals surface area contributed by atoms with Gasteiger partial charge in [-0.3, -0.25) is 19.4 Å². The van der Waals surface area contributed by atoms with E-state index in [9.17, 15) is 14.4 Å². The maximum absolute atomic E-state index is 11.9. The number of amides is 4. The largest absolute Gasteiger partial charge is 0.378 e. The van der Waals surface area contributed by atoms with Crippen LogP contribution in [-0.2, 0) is 14.3 Å². The summed E-state index contributed by atoms with van der Waals surface area (Å²) in [5, 5.41) is 0. The van der Waals surface area contributed by atoms with Crippen LogP contribution in [-0.4, -0.2) is 72.9 Å². The molecule has 0 atom stereocenters. The predicted molar refractivity (Wildman–Crippen MR) is 70.6 cm³/mol. The summed E-state index contributed by atoms with van der Waals surface area (Å²) in [4.78, 5) is 39.2. The standard InChI is InChI=1S/C13H17N3O4/c1-14-11(17)10(12(18)15(2)13(14)19)4-3-5-16-6-8-20-9-7-16/h3-5H,6-9H2,1-2H3/b5-3+. The summed E-state index contributed by atoms with van der Waals surface area (Å²) in [7, 11) is 2.71. The molecule has 0 bridgehead atoms. The van der Waals surface area contributed by atoms with Gasteiger partial charge in [-0.1, -0.05) is 0 Å². The molecule has 0 N–H and O–H groups in total. The minimum atomic E-state index is -0.616. The van der Waals surface area contributed by atoms with Crippen molar-refractivity contribution in [2.75, 3.05) is 40.4 Å². The Morgan fingerprint density at radius 1 is 1.00 bits per heavy atom. The zero-order chi connectivity index (χ0) is 14.7. The zero-order valence-electron chi connectivity index (χ0n) is 11.5. The highest BCUT2D eigenvalue weighted by Crippen LogP contribution is 2.14. The first-order valence-corrected chi connectivity index (χ1v) is 6.32. The first-order chi connectivity index (χ1) is 9.52. The van der Waals surface area contributed by atoms with Crippen LogP contribution < -0.4 is 0 Å². The highest BCUT2D eigenvalue weighted by Gasteiger charge is 2.37. The van der Waals surface area contributed by atoms with Crippen LogP contribution in [0, 0.1) is 0 Å². The number of carbonyl (C=O) groups is 3. The van der Waals surface area contributed by atoms with E-state index in [1.54, 1.807) is 6.08 Å². The Morgan fingerprint density at radius 3 is 2.10 bits per heavy atom. The number of nitrogens with zero attached hydrogens (tertiary/aromatic N) is 3. The summed E-state index contributed by atoms with van der Waals surface area (Å²) in [6.07, 6.45) is 4.90. The molecule has 2 aliphatic heterocycles. The number of rotatable bonds is 2. The number of morpholine rings is 1. The Morgan fingerprint density at radius 2 is 1.55 bits per heavy atom. The van der Waals surface area contributed by atoms with Gasteiger partial charge in [0.25, 0.3) is 11.8 Å². The minimum absolute atomic E-state index is 0.0147. The average molecular weight is 279 g/mol. The Hall–Kier alpha value is -2.15. The predicted octanol–water partition coefficient (Wildman–Crippen LogP) is -0.191. The molecule has 2 heterocycles. The first kappa shape index (κ1) is 14.3. The van der Waals surface area contributed by atoms with E-state index in [2.05, 4.69) is 0 Å². The van der Waals surface area contributed by atoms with Gasteiger partial charge in [0.15, 0.2) is 0 Å². The Bertz CT molecular complexity index is 466. The first-order valence-electron chi connectivity index (χ1n) is 6.32. The van der Waals surface area contributed by atoms with Crippen molar-refractivity contribution < 1.29 is 19.1 Å². The lowest BCUT2D eigenvalue weighted by Gasteiger charge is -2.28. The fraction of sp³-hybridized carbons (Fsp3) is 0.462. The molecule has 0 unspecified atom stereocenters. The van der Waals surface area contributed by atoms with Crippen LogP contribution in [0.4, 0.5) is 4.79 Å². The summed E-state index contributed by atoms with van der Waals surface area (Å²) in [5.74, 6) is -1.16. The number of barbiturate groups is 1. The lowest BCUT2D eigenvalue weighted by atomic mass is 10.1. The summed E-state index contributed by atoms with van der Waals surface area (Å²) >= 11 is 0. The molecule has 2 aliphatic rings. The summed E-state index contributed by atoms with van der Waals surface area (Å²) in [6, 6.07) is -0.616. The smallest absolute Gasteiger partial charge is 0.333 e. The van der Waals surface area contributed by atoms with Crippen molar-refractivity contribution in [1.29, 1.82) is 0 Å². The molecule has 2 saturated heterocycles. The molecule has 0 aliphatic carbocycles. The number of allylic oxidation sites excluding steroid dienone is 2. The third-order valence-electron chi connectivity index (χ3n) is 3.25. The second kappa shape index (κ2) is 5.87. The van der Waals surface area contributed by atoms with E-state index in [4.69, 9.17) is 4.74 Å². The molecule has 7 heteroatoms. The van der Waals surface area contributed by atoms with Crippen LogP contribution in [0.5, 0.6) is 0 Å². The molecule has 108 valence electrons. The third kappa shape index (κ3) is 2.72. The number of hydrogen-bond acceptors (Lipinski definition) is 5. The lowest BCUT2D eigenvalue weighted by molar-refractivity contribution is -0.134. The Balaban J connectivity index is 2.11. The molecule has 0 aromatic heterocycles. The van der Waals surface area contributed by atoms with Crippen molar-refractivity contribution >= 4 is 17.8 Å². The van der Waals surface area contributed by atoms with Gasteiger partial charge in [-0.2, -0.15) is 0 Å². The number of likely N-dealkylation sites (N-methyl/N-ethyl adjacent to an activating group) is 2. The highest BCUT2D eigenvalue weighted by atomic mass is 16.5. The molecule has 2 fully saturated rings. The van der Waals surface area contributed by atoms with Crippen molar-refractivity contribution in [3.63, 3.8) is 0 Å². The highest BCUT2D eigenvalue weighted by molar-refractivity contribution is 6.28. The summed E-state index contributed by atoms with van der Waals surface area (Å²) in [6.45, 7) is 2.89. The van der Waals surface area contributed by atoms with Gasteiger partial charge in [0.05, 0.1) is 13.2 Å². The van der Waals surface area contributed by atoms with Gasteiger partial charge in [0.1, 0.15) is 5.57 Å². The number of hydrogen-bond donors (Lipinski definition) is 0. The number of imide groups is 2. The number of carbonyl (C=O) groups excluding carboxylic acids is 3. The van der Waals surface area contributed by atoms with Crippen molar-refractivity contribution in [2.45, 2.75) is 0 Å². The van der Waals surface area contributed by atoms with Gasteiger partial charge in [0.2, 0.25) is 0 Å². The second-order valence-electron chi connectivity index (χ2n) is 4.58. The van der Waals surface area contributed by atoms with E-state index in [0.29, 0.717) is 13.2 Å². The van der Waals surface area contributed by atoms with Crippen LogP contribution in [0.15, 0.2) is 23.9 Å². The van der Waals surface area contributed by atoms with Crippen molar-refractivity contribution in [3.8, 4) is 0 Å². The van der Waals surface area contributed by atoms with Gasteiger partial charge in [0, 0.05) is 27.2 Å². The quantitative estimate of drug-likeness (QED) is 0.517. The summed E-state index contributed by atoms with van der Waals surface area (Å²) < 4.78 is 5.22. The molecule has 20 heavy (non-hydrogen) atoms. The second-order valence-corrected chi connectivity index (χ2v) is 4.58. The Labute approximate surface area is 117 Å². The van der Waals surface area contributed by atoms with Crippen LogP contribution in [0.25, 0.3) is 0 Å². The molecule has 0 spiro atoms. The molecular formula is C13H17N3O4. The third-order valence-corrected chi connectivity index (χ3v) is 3.25. The van der Waals surface area contributed by atoms with Gasteiger partial charge < -0.3 is 9.64 Å². The normalized spacial score (nSPS) is 21.2. The van der Waals surface area contributed by atoms with Crippen molar-refractivity contribution in [1.82, 2.24) is 14.7 Å². The topological polar surface area (TPSA) is 70.2 Å². The molecule has 0 aromatic rings. The number of ether oxygens (including phenoxy) is 1. The fourth-order valence-corrected chi connectivity index (χ4v) is 1.98. The minimum Gasteiger partial charge on any atom is -0.378 e. The molecule has 0 saturated carbocycles. The van der Waals surface area contributed by atoms with E-state index in [0.717, 1.165) is 22.9 Å². The zero-order valence-corrected chi connectivity index (χ0v) is 11.5. The van der Waals surface area contributed by atoms with E-state index < -0.39 is 17.8 Å². The molecular weight excluding hydrogens is 262 g/mol. The van der Waals surface area contributed by atoms with Crippen LogP contribution in [0.2, 0.25) is 0 Å². The lowest BCUT2D eigenvalue weighted by Crippen LogP contribution is -2.53. The van der Waals surface area contributed by atoms with Crippen LogP contribution in [0.1, 0.15) is 0 Å². The van der Waals surface area contributed by atoms with E-state index >= 15 is 0 Å². The fourth-order valence-electron chi connectivity index (χ4n) is 1.98. The van der Waals surface area contributed by atoms with E-state index in [-0.39, 0.29) is 5.57 Å². The molecule has 0 aromatic carbocycles. The summed E-state index contributed by atoms with van der Waals surface area (Å²) in [5.41, 5.74) is -0.0147. The Kier molecular flexibility index (Phi) is 4.19. The van der Waals surface area contributed by atoms with Crippen molar-refractivity contribution in [3.05, 3.63) is 23.9 Å². The monoisotopic (exact) mass is 279 g/mol. The maximum atomic E-state index is 11.9. The van der Waals surface area contributed by atoms with Gasteiger partial charge in [-0.05, 0) is 18.4 Å². The van der Waals surface area contributed by atoms with Gasteiger partial charge >= 0.3 is 6.03 Å². The van der Waals surface area contributed by atoms with Crippen molar-refractivity contribution in [2.24, 2.45) is 0 Å². The van der Waals surface area contributed by atoms with E-state index in [1.165, 1.54) is 20.2 Å². The van der Waals surface area contributed by atoms with E-state index in [1.807, 2.05) is 11.1 Å². The SMILES string of the molecule is CN1C(=O)C(=C/C=C/N2CCOCC2)C(=O)N(C)C1=O. The number of urea groups is 1. The van der Waals surface area contributed by atoms with Crippen LogP contribution >= 0.6 is 0 Å². The molecule has 0 radical (unpaired) electrons. The van der Waals surface area contributed by atoms with Gasteiger partial charge in [-0.25, -0.2) is 4.79 Å². The van der Waals surface area contributed by atoms with Gasteiger partial charge in [-0.15, -0.1) is 0 Å². The maximum Gasteiger partial charge on any atom is 0.333 e.